The molecule has 28 heavy (non-hydrogen) atoms. The lowest BCUT2D eigenvalue weighted by Gasteiger charge is -2.22. The Bertz CT molecular complexity index is 1110. The van der Waals surface area contributed by atoms with Crippen molar-refractivity contribution in [3.05, 3.63) is 66.1 Å². The van der Waals surface area contributed by atoms with E-state index in [1.54, 1.807) is 7.11 Å². The van der Waals surface area contributed by atoms with Crippen LogP contribution in [0.1, 0.15) is 49.4 Å². The van der Waals surface area contributed by atoms with E-state index in [4.69, 9.17) is 14.7 Å². The summed E-state index contributed by atoms with van der Waals surface area (Å²) in [6.45, 7) is 0.812. The topological polar surface area (TPSA) is 39.9 Å². The Balaban J connectivity index is 1.66. The molecule has 5 rings (SSSR count). The van der Waals surface area contributed by atoms with Gasteiger partial charge in [-0.2, -0.15) is 0 Å². The number of methoxy groups -OCH3 is 1. The predicted octanol–water partition coefficient (Wildman–Crippen LogP) is 5.69. The lowest BCUT2D eigenvalue weighted by atomic mass is 9.88. The molecule has 1 aliphatic carbocycles. The van der Waals surface area contributed by atoms with Gasteiger partial charge in [-0.05, 0) is 36.6 Å². The van der Waals surface area contributed by atoms with Gasteiger partial charge in [-0.15, -0.1) is 0 Å². The van der Waals surface area contributed by atoms with Crippen molar-refractivity contribution in [2.75, 3.05) is 7.11 Å². The van der Waals surface area contributed by atoms with Crippen molar-refractivity contribution in [2.24, 2.45) is 0 Å². The smallest absolute Gasteiger partial charge is 0.118 e. The molecule has 4 nitrogen and oxygen atoms in total. The van der Waals surface area contributed by atoms with E-state index in [1.165, 1.54) is 43.5 Å². The maximum atomic E-state index is 5.31. The van der Waals surface area contributed by atoms with Gasteiger partial charge in [0.1, 0.15) is 11.6 Å². The molecule has 0 amide bonds. The summed E-state index contributed by atoms with van der Waals surface area (Å²) in [6, 6.07) is 16.7. The summed E-state index contributed by atoms with van der Waals surface area (Å²) in [6.07, 6.45) is 8.42. The van der Waals surface area contributed by atoms with Crippen LogP contribution in [-0.2, 0) is 6.54 Å². The highest BCUT2D eigenvalue weighted by Crippen LogP contribution is 2.35. The van der Waals surface area contributed by atoms with E-state index in [0.717, 1.165) is 34.2 Å². The highest BCUT2D eigenvalue weighted by atomic mass is 16.5. The highest BCUT2D eigenvalue weighted by Gasteiger charge is 2.23. The monoisotopic (exact) mass is 371 g/mol. The third-order valence-electron chi connectivity index (χ3n) is 5.99. The van der Waals surface area contributed by atoms with Gasteiger partial charge in [0.15, 0.2) is 0 Å². The molecule has 4 heteroatoms. The summed E-state index contributed by atoms with van der Waals surface area (Å²) in [4.78, 5) is 9.91. The number of ether oxygens (including phenoxy) is 1. The molecule has 0 aliphatic heterocycles. The molecule has 0 radical (unpaired) electrons. The van der Waals surface area contributed by atoms with Crippen LogP contribution in [-0.4, -0.2) is 21.6 Å². The Morgan fingerprint density at radius 3 is 2.57 bits per heavy atom. The fraction of sp³-hybridized carbons (Fsp3) is 0.333. The van der Waals surface area contributed by atoms with Gasteiger partial charge in [0.25, 0.3) is 0 Å². The lowest BCUT2D eigenvalue weighted by Crippen LogP contribution is -2.13. The highest BCUT2D eigenvalue weighted by molar-refractivity contribution is 6.02. The minimum atomic E-state index is 0.540. The van der Waals surface area contributed by atoms with Crippen LogP contribution in [0.2, 0.25) is 0 Å². The van der Waals surface area contributed by atoms with E-state index >= 15 is 0 Å². The fourth-order valence-electron chi connectivity index (χ4n) is 4.48. The Labute approximate surface area is 165 Å². The normalized spacial score (nSPS) is 15.3. The number of fused-ring (bicyclic) bond motifs is 3. The average molecular weight is 371 g/mol. The SMILES string of the molecule is COc1ccc(Cn2c(C3CCCCC3)nc3c4ccccc4ncc32)cc1. The standard InChI is InChI=1S/C24H25N3O/c1-28-19-13-11-17(12-14-19)16-27-22-15-25-21-10-6-5-9-20(21)23(22)26-24(27)18-7-3-2-4-8-18/h5-6,9-15,18H,2-4,7-8,16H2,1H3. The minimum absolute atomic E-state index is 0.540. The first-order valence-corrected chi connectivity index (χ1v) is 10.2. The van der Waals surface area contributed by atoms with Gasteiger partial charge in [0.2, 0.25) is 0 Å². The molecule has 1 fully saturated rings. The van der Waals surface area contributed by atoms with E-state index in [2.05, 4.69) is 34.9 Å². The van der Waals surface area contributed by atoms with Crippen LogP contribution in [0.15, 0.2) is 54.7 Å². The summed E-state index contributed by atoms with van der Waals surface area (Å²) in [5.74, 6) is 2.65. The molecule has 4 aromatic rings. The number of benzene rings is 2. The number of imidazole rings is 1. The molecule has 142 valence electrons. The van der Waals surface area contributed by atoms with Gasteiger partial charge in [-0.25, -0.2) is 4.98 Å². The van der Waals surface area contributed by atoms with E-state index in [1.807, 2.05) is 24.4 Å². The van der Waals surface area contributed by atoms with Crippen molar-refractivity contribution in [3.8, 4) is 5.75 Å². The number of rotatable bonds is 4. The lowest BCUT2D eigenvalue weighted by molar-refractivity contribution is 0.414. The van der Waals surface area contributed by atoms with Crippen molar-refractivity contribution in [1.82, 2.24) is 14.5 Å². The summed E-state index contributed by atoms with van der Waals surface area (Å²) < 4.78 is 7.71. The predicted molar refractivity (Wildman–Crippen MR) is 113 cm³/mol. The molecule has 0 bridgehead atoms. The Kier molecular flexibility index (Phi) is 4.47. The Morgan fingerprint density at radius 2 is 1.79 bits per heavy atom. The van der Waals surface area contributed by atoms with Crippen LogP contribution in [0.3, 0.4) is 0 Å². The first kappa shape index (κ1) is 17.2. The number of pyridine rings is 1. The molecule has 1 aliphatic rings. The van der Waals surface area contributed by atoms with Crippen molar-refractivity contribution >= 4 is 21.9 Å². The van der Waals surface area contributed by atoms with Crippen LogP contribution in [0.5, 0.6) is 5.75 Å². The van der Waals surface area contributed by atoms with E-state index < -0.39 is 0 Å². The number of hydrogen-bond acceptors (Lipinski definition) is 3. The third kappa shape index (κ3) is 3.03. The first-order chi connectivity index (χ1) is 13.8. The van der Waals surface area contributed by atoms with Crippen molar-refractivity contribution in [3.63, 3.8) is 0 Å². The first-order valence-electron chi connectivity index (χ1n) is 10.2. The molecule has 0 N–H and O–H groups in total. The van der Waals surface area contributed by atoms with Crippen LogP contribution in [0.25, 0.3) is 21.9 Å². The van der Waals surface area contributed by atoms with E-state index in [-0.39, 0.29) is 0 Å². The van der Waals surface area contributed by atoms with Gasteiger partial charge in [-0.3, -0.25) is 4.98 Å². The van der Waals surface area contributed by atoms with Gasteiger partial charge < -0.3 is 9.30 Å². The molecule has 0 spiro atoms. The van der Waals surface area contributed by atoms with Crippen LogP contribution in [0.4, 0.5) is 0 Å². The molecule has 0 saturated heterocycles. The zero-order chi connectivity index (χ0) is 18.9. The number of nitrogens with zero attached hydrogens (tertiary/aromatic N) is 3. The van der Waals surface area contributed by atoms with Crippen LogP contribution >= 0.6 is 0 Å². The molecule has 2 aromatic carbocycles. The van der Waals surface area contributed by atoms with E-state index in [0.29, 0.717) is 5.92 Å². The number of hydrogen-bond donors (Lipinski definition) is 0. The van der Waals surface area contributed by atoms with Gasteiger partial charge in [0.05, 0.1) is 29.9 Å². The van der Waals surface area contributed by atoms with Gasteiger partial charge in [-0.1, -0.05) is 49.6 Å². The second-order valence-electron chi connectivity index (χ2n) is 7.75. The molecule has 2 heterocycles. The average Bonchev–Trinajstić information content (AvgIpc) is 3.14. The van der Waals surface area contributed by atoms with Crippen molar-refractivity contribution < 1.29 is 4.74 Å². The minimum Gasteiger partial charge on any atom is -0.497 e. The summed E-state index contributed by atoms with van der Waals surface area (Å²) >= 11 is 0. The van der Waals surface area contributed by atoms with Crippen LogP contribution < -0.4 is 4.74 Å². The maximum Gasteiger partial charge on any atom is 0.118 e. The molecular formula is C24H25N3O. The second kappa shape index (κ2) is 7.27. The third-order valence-corrected chi connectivity index (χ3v) is 5.99. The van der Waals surface area contributed by atoms with Crippen molar-refractivity contribution in [1.29, 1.82) is 0 Å². The molecular weight excluding hydrogens is 346 g/mol. The second-order valence-corrected chi connectivity index (χ2v) is 7.75. The molecule has 0 unspecified atom stereocenters. The van der Waals surface area contributed by atoms with E-state index in [9.17, 15) is 0 Å². The Morgan fingerprint density at radius 1 is 1.00 bits per heavy atom. The summed E-state index contributed by atoms with van der Waals surface area (Å²) in [5, 5.41) is 1.14. The molecule has 2 aromatic heterocycles. The Hall–Kier alpha value is -2.88. The van der Waals surface area contributed by atoms with Crippen molar-refractivity contribution in [2.45, 2.75) is 44.6 Å². The summed E-state index contributed by atoms with van der Waals surface area (Å²) in [5.41, 5.74) is 4.49. The zero-order valence-corrected chi connectivity index (χ0v) is 16.3. The van der Waals surface area contributed by atoms with Gasteiger partial charge >= 0.3 is 0 Å². The quantitative estimate of drug-likeness (QED) is 0.463. The maximum absolute atomic E-state index is 5.31. The zero-order valence-electron chi connectivity index (χ0n) is 16.3. The van der Waals surface area contributed by atoms with Gasteiger partial charge in [0, 0.05) is 17.8 Å². The van der Waals surface area contributed by atoms with Crippen LogP contribution in [0, 0.1) is 0 Å². The molecule has 0 atom stereocenters. The number of aromatic nitrogens is 3. The summed E-state index contributed by atoms with van der Waals surface area (Å²) in [7, 11) is 1.70. The largest absolute Gasteiger partial charge is 0.497 e. The number of para-hydroxylation sites is 1. The molecule has 1 saturated carbocycles. The fourth-order valence-corrected chi connectivity index (χ4v) is 4.48.